The van der Waals surface area contributed by atoms with Crippen molar-refractivity contribution in [1.82, 2.24) is 19.8 Å². The van der Waals surface area contributed by atoms with E-state index < -0.39 is 17.7 Å². The highest BCUT2D eigenvalue weighted by Crippen LogP contribution is 2.25. The molecule has 0 bridgehead atoms. The predicted octanol–water partition coefficient (Wildman–Crippen LogP) is 2.86. The van der Waals surface area contributed by atoms with E-state index in [-0.39, 0.29) is 12.0 Å². The van der Waals surface area contributed by atoms with Crippen LogP contribution in [0.15, 0.2) is 6.07 Å². The fraction of sp³-hybridized carbons (Fsp3) is 0.714. The van der Waals surface area contributed by atoms with E-state index in [1.165, 1.54) is 0 Å². The Hall–Kier alpha value is -2.38. The second-order valence-electron chi connectivity index (χ2n) is 8.89. The molecule has 3 heterocycles. The topological polar surface area (TPSA) is 84.9 Å². The summed E-state index contributed by atoms with van der Waals surface area (Å²) < 4.78 is 11.5. The summed E-state index contributed by atoms with van der Waals surface area (Å²) in [4.78, 5) is 37.7. The predicted molar refractivity (Wildman–Crippen MR) is 108 cm³/mol. The second-order valence-corrected chi connectivity index (χ2v) is 8.89. The van der Waals surface area contributed by atoms with Gasteiger partial charge in [-0.15, -0.1) is 0 Å². The molecule has 1 aromatic rings. The van der Waals surface area contributed by atoms with Crippen LogP contribution in [0.25, 0.3) is 0 Å². The van der Waals surface area contributed by atoms with Crippen molar-refractivity contribution in [1.29, 1.82) is 0 Å². The zero-order valence-corrected chi connectivity index (χ0v) is 18.1. The van der Waals surface area contributed by atoms with Crippen LogP contribution in [0.4, 0.5) is 4.79 Å². The Morgan fingerprint density at radius 2 is 1.83 bits per heavy atom. The third-order valence-corrected chi connectivity index (χ3v) is 5.09. The van der Waals surface area contributed by atoms with Crippen molar-refractivity contribution >= 4 is 12.0 Å². The minimum atomic E-state index is -0.578. The molecule has 2 amide bonds. The van der Waals surface area contributed by atoms with Gasteiger partial charge in [0.25, 0.3) is 0 Å². The zero-order chi connectivity index (χ0) is 21.2. The van der Waals surface area contributed by atoms with Crippen molar-refractivity contribution in [2.24, 2.45) is 0 Å². The van der Waals surface area contributed by atoms with Crippen LogP contribution < -0.4 is 4.74 Å². The van der Waals surface area contributed by atoms with Gasteiger partial charge in [0, 0.05) is 24.8 Å². The molecule has 0 aliphatic carbocycles. The molecule has 0 N–H and O–H groups in total. The van der Waals surface area contributed by atoms with Crippen LogP contribution in [0.3, 0.4) is 0 Å². The average Bonchev–Trinajstić information content (AvgIpc) is 3.09. The van der Waals surface area contributed by atoms with Crippen molar-refractivity contribution in [3.05, 3.63) is 17.6 Å². The summed E-state index contributed by atoms with van der Waals surface area (Å²) in [7, 11) is 0. The Morgan fingerprint density at radius 1 is 1.10 bits per heavy atom. The summed E-state index contributed by atoms with van der Waals surface area (Å²) in [6.07, 6.45) is 2.68. The summed E-state index contributed by atoms with van der Waals surface area (Å²) in [5, 5.41) is 0. The molecular weight excluding hydrogens is 372 g/mol. The van der Waals surface area contributed by atoms with Crippen molar-refractivity contribution in [2.75, 3.05) is 19.6 Å². The number of amides is 2. The van der Waals surface area contributed by atoms with Crippen molar-refractivity contribution in [3.63, 3.8) is 0 Å². The number of hydrogen-bond donors (Lipinski definition) is 0. The SMILES string of the molecule is Cc1cc(OC2CCCN(C(=O)C3CCCN3C(=O)OC(C)(C)C)C2)nc(C)n1. The van der Waals surface area contributed by atoms with Gasteiger partial charge in [-0.3, -0.25) is 9.69 Å². The molecule has 8 heteroatoms. The molecule has 1 aromatic heterocycles. The first-order chi connectivity index (χ1) is 13.6. The smallest absolute Gasteiger partial charge is 0.410 e. The number of ether oxygens (including phenoxy) is 2. The number of hydrogen-bond acceptors (Lipinski definition) is 6. The molecule has 0 saturated carbocycles. The van der Waals surface area contributed by atoms with Crippen LogP contribution in [0, 0.1) is 13.8 Å². The van der Waals surface area contributed by atoms with Crippen LogP contribution in [-0.2, 0) is 9.53 Å². The number of likely N-dealkylation sites (tertiary alicyclic amines) is 2. The van der Waals surface area contributed by atoms with Crippen LogP contribution in [0.2, 0.25) is 0 Å². The highest BCUT2D eigenvalue weighted by atomic mass is 16.6. The first-order valence-corrected chi connectivity index (χ1v) is 10.4. The molecule has 2 aliphatic rings. The maximum atomic E-state index is 13.2. The Labute approximate surface area is 172 Å². The van der Waals surface area contributed by atoms with E-state index >= 15 is 0 Å². The van der Waals surface area contributed by atoms with Crippen molar-refractivity contribution in [2.45, 2.75) is 78.0 Å². The van der Waals surface area contributed by atoms with Gasteiger partial charge >= 0.3 is 6.09 Å². The third kappa shape index (κ3) is 5.58. The van der Waals surface area contributed by atoms with Crippen LogP contribution >= 0.6 is 0 Å². The molecule has 29 heavy (non-hydrogen) atoms. The molecule has 2 saturated heterocycles. The molecule has 0 aromatic carbocycles. The largest absolute Gasteiger partial charge is 0.472 e. The van der Waals surface area contributed by atoms with E-state index in [2.05, 4.69) is 9.97 Å². The standard InChI is InChI=1S/C21H32N4O4/c1-14-12-18(23-15(2)22-14)28-16-8-6-10-24(13-16)19(26)17-9-7-11-25(17)20(27)29-21(3,4)5/h12,16-17H,6-11,13H2,1-5H3. The highest BCUT2D eigenvalue weighted by Gasteiger charge is 2.39. The normalized spacial score (nSPS) is 22.5. The Kier molecular flexibility index (Phi) is 6.29. The fourth-order valence-electron chi connectivity index (χ4n) is 3.92. The number of piperidine rings is 1. The molecule has 2 aliphatic heterocycles. The Morgan fingerprint density at radius 3 is 2.52 bits per heavy atom. The average molecular weight is 405 g/mol. The summed E-state index contributed by atoms with van der Waals surface area (Å²) in [5.41, 5.74) is 0.278. The van der Waals surface area contributed by atoms with Gasteiger partial charge in [0.05, 0.1) is 6.54 Å². The minimum Gasteiger partial charge on any atom is -0.472 e. The molecule has 2 atom stereocenters. The fourth-order valence-corrected chi connectivity index (χ4v) is 3.92. The zero-order valence-electron chi connectivity index (χ0n) is 18.1. The summed E-state index contributed by atoms with van der Waals surface area (Å²) >= 11 is 0. The number of aromatic nitrogens is 2. The van der Waals surface area contributed by atoms with Gasteiger partial charge in [-0.2, -0.15) is 4.98 Å². The molecular formula is C21H32N4O4. The molecule has 0 spiro atoms. The maximum Gasteiger partial charge on any atom is 0.410 e. The summed E-state index contributed by atoms with van der Waals surface area (Å²) in [6, 6.07) is 1.36. The third-order valence-electron chi connectivity index (χ3n) is 5.09. The molecule has 0 radical (unpaired) electrons. The van der Waals surface area contributed by atoms with Gasteiger partial charge in [0.15, 0.2) is 0 Å². The van der Waals surface area contributed by atoms with Gasteiger partial charge < -0.3 is 14.4 Å². The number of carbonyl (C=O) groups is 2. The van der Waals surface area contributed by atoms with E-state index in [0.717, 1.165) is 25.0 Å². The number of nitrogens with zero attached hydrogens (tertiary/aromatic N) is 4. The monoisotopic (exact) mass is 404 g/mol. The van der Waals surface area contributed by atoms with Gasteiger partial charge in [0.1, 0.15) is 23.6 Å². The summed E-state index contributed by atoms with van der Waals surface area (Å²) in [6.45, 7) is 11.0. The molecule has 8 nitrogen and oxygen atoms in total. The maximum absolute atomic E-state index is 13.2. The lowest BCUT2D eigenvalue weighted by molar-refractivity contribution is -0.138. The highest BCUT2D eigenvalue weighted by molar-refractivity contribution is 5.86. The van der Waals surface area contributed by atoms with Gasteiger partial charge in [0.2, 0.25) is 11.8 Å². The second kappa shape index (κ2) is 8.55. The van der Waals surface area contributed by atoms with Crippen molar-refractivity contribution < 1.29 is 19.1 Å². The number of carbonyl (C=O) groups excluding carboxylic acids is 2. The molecule has 2 fully saturated rings. The molecule has 160 valence electrons. The lowest BCUT2D eigenvalue weighted by Gasteiger charge is -2.36. The molecule has 2 unspecified atom stereocenters. The minimum absolute atomic E-state index is 0.0169. The quantitative estimate of drug-likeness (QED) is 0.770. The van der Waals surface area contributed by atoms with Crippen molar-refractivity contribution in [3.8, 4) is 5.88 Å². The van der Waals surface area contributed by atoms with Crippen LogP contribution in [0.1, 0.15) is 58.0 Å². The van der Waals surface area contributed by atoms with Gasteiger partial charge in [-0.25, -0.2) is 9.78 Å². The van der Waals surface area contributed by atoms with E-state index in [1.54, 1.807) is 4.90 Å². The lowest BCUT2D eigenvalue weighted by atomic mass is 10.1. The number of aryl methyl sites for hydroxylation is 2. The van der Waals surface area contributed by atoms with Gasteiger partial charge in [-0.05, 0) is 60.3 Å². The van der Waals surface area contributed by atoms with E-state index in [0.29, 0.717) is 37.8 Å². The first-order valence-electron chi connectivity index (χ1n) is 10.4. The summed E-state index contributed by atoms with van der Waals surface area (Å²) in [5.74, 6) is 1.20. The van der Waals surface area contributed by atoms with Crippen LogP contribution in [0.5, 0.6) is 5.88 Å². The Bertz CT molecular complexity index is 741. The first kappa shape index (κ1) is 21.3. The number of rotatable bonds is 3. The van der Waals surface area contributed by atoms with E-state index in [4.69, 9.17) is 9.47 Å². The van der Waals surface area contributed by atoms with Crippen LogP contribution in [-0.4, -0.2) is 69.1 Å². The van der Waals surface area contributed by atoms with Gasteiger partial charge in [-0.1, -0.05) is 0 Å². The van der Waals surface area contributed by atoms with E-state index in [1.807, 2.05) is 45.6 Å². The molecule has 3 rings (SSSR count). The Balaban J connectivity index is 1.63. The lowest BCUT2D eigenvalue weighted by Crippen LogP contribution is -2.53. The van der Waals surface area contributed by atoms with E-state index in [9.17, 15) is 9.59 Å².